The van der Waals surface area contributed by atoms with Gasteiger partial charge in [-0.15, -0.1) is 0 Å². The molecule has 1 saturated heterocycles. The van der Waals surface area contributed by atoms with Gasteiger partial charge in [0.2, 0.25) is 0 Å². The Morgan fingerprint density at radius 2 is 2.22 bits per heavy atom. The predicted octanol–water partition coefficient (Wildman–Crippen LogP) is 1.40. The van der Waals surface area contributed by atoms with Crippen LogP contribution in [0.25, 0.3) is 0 Å². The van der Waals surface area contributed by atoms with Gasteiger partial charge < -0.3 is 9.67 Å². The number of aliphatic hydroxyl groups is 1. The van der Waals surface area contributed by atoms with E-state index in [1.165, 1.54) is 12.4 Å². The highest BCUT2D eigenvalue weighted by molar-refractivity contribution is 4.95. The SMILES string of the molecule is OCC1CCCN1Cc1nccn1CC(F)(F)F. The lowest BCUT2D eigenvalue weighted by Crippen LogP contribution is -2.33. The Kier molecular flexibility index (Phi) is 3.91. The van der Waals surface area contributed by atoms with Crippen molar-refractivity contribution < 1.29 is 18.3 Å². The molecule has 1 aromatic heterocycles. The molecular weight excluding hydrogens is 247 g/mol. The summed E-state index contributed by atoms with van der Waals surface area (Å²) in [5, 5.41) is 9.17. The van der Waals surface area contributed by atoms with E-state index in [9.17, 15) is 18.3 Å². The molecule has 4 nitrogen and oxygen atoms in total. The van der Waals surface area contributed by atoms with Gasteiger partial charge in [-0.1, -0.05) is 0 Å². The van der Waals surface area contributed by atoms with E-state index < -0.39 is 12.7 Å². The maximum absolute atomic E-state index is 12.4. The second-order valence-electron chi connectivity index (χ2n) is 4.54. The zero-order valence-corrected chi connectivity index (χ0v) is 9.90. The first-order chi connectivity index (χ1) is 8.49. The summed E-state index contributed by atoms with van der Waals surface area (Å²) >= 11 is 0. The van der Waals surface area contributed by atoms with E-state index in [1.807, 2.05) is 4.90 Å². The minimum absolute atomic E-state index is 0.0416. The second kappa shape index (κ2) is 5.27. The van der Waals surface area contributed by atoms with Crippen molar-refractivity contribution in [1.29, 1.82) is 0 Å². The largest absolute Gasteiger partial charge is 0.406 e. The average molecular weight is 263 g/mol. The fourth-order valence-corrected chi connectivity index (χ4v) is 2.32. The van der Waals surface area contributed by atoms with Crippen molar-refractivity contribution in [3.8, 4) is 0 Å². The van der Waals surface area contributed by atoms with E-state index in [1.54, 1.807) is 0 Å². The van der Waals surface area contributed by atoms with Crippen LogP contribution in [-0.4, -0.2) is 44.9 Å². The van der Waals surface area contributed by atoms with E-state index in [-0.39, 0.29) is 12.6 Å². The molecule has 1 atom stereocenters. The van der Waals surface area contributed by atoms with Crippen molar-refractivity contribution in [2.24, 2.45) is 0 Å². The number of nitrogens with zero attached hydrogens (tertiary/aromatic N) is 3. The molecule has 0 bridgehead atoms. The zero-order chi connectivity index (χ0) is 13.2. The van der Waals surface area contributed by atoms with Gasteiger partial charge in [-0.2, -0.15) is 13.2 Å². The number of hydrogen-bond acceptors (Lipinski definition) is 3. The van der Waals surface area contributed by atoms with Crippen molar-refractivity contribution in [3.05, 3.63) is 18.2 Å². The Morgan fingerprint density at radius 1 is 1.44 bits per heavy atom. The summed E-state index contributed by atoms with van der Waals surface area (Å²) in [6.45, 7) is 0.179. The fraction of sp³-hybridized carbons (Fsp3) is 0.727. The first kappa shape index (κ1) is 13.4. The molecule has 1 aliphatic rings. The van der Waals surface area contributed by atoms with Crippen molar-refractivity contribution >= 4 is 0 Å². The van der Waals surface area contributed by atoms with E-state index in [0.29, 0.717) is 12.4 Å². The molecule has 2 heterocycles. The van der Waals surface area contributed by atoms with Gasteiger partial charge in [0.25, 0.3) is 0 Å². The Labute approximate surface area is 103 Å². The van der Waals surface area contributed by atoms with Crippen molar-refractivity contribution in [2.45, 2.75) is 38.1 Å². The highest BCUT2D eigenvalue weighted by Gasteiger charge is 2.30. The first-order valence-corrected chi connectivity index (χ1v) is 5.91. The molecule has 1 aromatic rings. The van der Waals surface area contributed by atoms with Crippen LogP contribution in [0, 0.1) is 0 Å². The molecule has 2 rings (SSSR count). The van der Waals surface area contributed by atoms with Crippen molar-refractivity contribution in [1.82, 2.24) is 14.5 Å². The summed E-state index contributed by atoms with van der Waals surface area (Å²) in [6, 6.07) is 0.0426. The van der Waals surface area contributed by atoms with Crippen LogP contribution in [0.3, 0.4) is 0 Å². The Hall–Kier alpha value is -1.08. The first-order valence-electron chi connectivity index (χ1n) is 5.91. The van der Waals surface area contributed by atoms with Crippen LogP contribution in [0.15, 0.2) is 12.4 Å². The fourth-order valence-electron chi connectivity index (χ4n) is 2.32. The van der Waals surface area contributed by atoms with Crippen LogP contribution in [-0.2, 0) is 13.1 Å². The monoisotopic (exact) mass is 263 g/mol. The number of aliphatic hydroxyl groups excluding tert-OH is 1. The van der Waals surface area contributed by atoms with Gasteiger partial charge in [0.1, 0.15) is 12.4 Å². The highest BCUT2D eigenvalue weighted by atomic mass is 19.4. The van der Waals surface area contributed by atoms with E-state index >= 15 is 0 Å². The molecule has 0 radical (unpaired) electrons. The number of imidazole rings is 1. The summed E-state index contributed by atoms with van der Waals surface area (Å²) < 4.78 is 38.2. The van der Waals surface area contributed by atoms with Gasteiger partial charge in [0, 0.05) is 18.4 Å². The van der Waals surface area contributed by atoms with Crippen molar-refractivity contribution in [3.63, 3.8) is 0 Å². The molecule has 7 heteroatoms. The van der Waals surface area contributed by atoms with Crippen LogP contribution < -0.4 is 0 Å². The molecule has 0 aromatic carbocycles. The number of likely N-dealkylation sites (tertiary alicyclic amines) is 1. The Balaban J connectivity index is 2.03. The molecule has 0 amide bonds. The van der Waals surface area contributed by atoms with Gasteiger partial charge in [0.15, 0.2) is 0 Å². The van der Waals surface area contributed by atoms with Gasteiger partial charge in [-0.05, 0) is 19.4 Å². The molecule has 0 spiro atoms. The molecule has 1 unspecified atom stereocenters. The quantitative estimate of drug-likeness (QED) is 0.892. The van der Waals surface area contributed by atoms with Crippen LogP contribution in [0.5, 0.6) is 0 Å². The lowest BCUT2D eigenvalue weighted by atomic mass is 10.2. The molecular formula is C11H16F3N3O. The molecule has 102 valence electrons. The van der Waals surface area contributed by atoms with E-state index in [4.69, 9.17) is 0 Å². The standard InChI is InChI=1S/C11H16F3N3O/c12-11(13,14)8-17-5-3-15-10(17)6-16-4-1-2-9(16)7-18/h3,5,9,18H,1-2,4,6-8H2. The summed E-state index contributed by atoms with van der Waals surface area (Å²) in [4.78, 5) is 5.95. The Bertz CT molecular complexity index is 391. The minimum atomic E-state index is -4.24. The third-order valence-electron chi connectivity index (χ3n) is 3.21. The molecule has 1 aliphatic heterocycles. The third kappa shape index (κ3) is 3.23. The minimum Gasteiger partial charge on any atom is -0.395 e. The summed E-state index contributed by atoms with van der Waals surface area (Å²) in [7, 11) is 0. The second-order valence-corrected chi connectivity index (χ2v) is 4.54. The maximum atomic E-state index is 12.4. The zero-order valence-electron chi connectivity index (χ0n) is 9.90. The topological polar surface area (TPSA) is 41.3 Å². The molecule has 18 heavy (non-hydrogen) atoms. The lowest BCUT2D eigenvalue weighted by Gasteiger charge is -2.22. The van der Waals surface area contributed by atoms with Crippen LogP contribution >= 0.6 is 0 Å². The molecule has 1 N–H and O–H groups in total. The summed E-state index contributed by atoms with van der Waals surface area (Å²) in [5.74, 6) is 0.396. The number of halogens is 3. The molecule has 1 fully saturated rings. The molecule has 0 aliphatic carbocycles. The smallest absolute Gasteiger partial charge is 0.395 e. The van der Waals surface area contributed by atoms with Crippen LogP contribution in [0.2, 0.25) is 0 Å². The number of aromatic nitrogens is 2. The molecule has 0 saturated carbocycles. The maximum Gasteiger partial charge on any atom is 0.406 e. The van der Waals surface area contributed by atoms with Crippen LogP contribution in [0.4, 0.5) is 13.2 Å². The summed E-state index contributed by atoms with van der Waals surface area (Å²) in [6.07, 6.45) is 0.330. The van der Waals surface area contributed by atoms with Gasteiger partial charge >= 0.3 is 6.18 Å². The highest BCUT2D eigenvalue weighted by Crippen LogP contribution is 2.21. The average Bonchev–Trinajstić information content (AvgIpc) is 2.87. The number of alkyl halides is 3. The third-order valence-corrected chi connectivity index (χ3v) is 3.21. The predicted molar refractivity (Wildman–Crippen MR) is 58.8 cm³/mol. The normalized spacial score (nSPS) is 21.7. The summed E-state index contributed by atoms with van der Waals surface area (Å²) in [5.41, 5.74) is 0. The van der Waals surface area contributed by atoms with Gasteiger partial charge in [-0.3, -0.25) is 4.90 Å². The van der Waals surface area contributed by atoms with Crippen LogP contribution in [0.1, 0.15) is 18.7 Å². The number of hydrogen-bond donors (Lipinski definition) is 1. The lowest BCUT2D eigenvalue weighted by molar-refractivity contribution is -0.141. The van der Waals surface area contributed by atoms with Crippen molar-refractivity contribution in [2.75, 3.05) is 13.2 Å². The van der Waals surface area contributed by atoms with Gasteiger partial charge in [-0.25, -0.2) is 4.98 Å². The van der Waals surface area contributed by atoms with E-state index in [2.05, 4.69) is 4.98 Å². The van der Waals surface area contributed by atoms with E-state index in [0.717, 1.165) is 24.0 Å². The Morgan fingerprint density at radius 3 is 2.89 bits per heavy atom. The number of rotatable bonds is 4. The van der Waals surface area contributed by atoms with Gasteiger partial charge in [0.05, 0.1) is 13.2 Å².